The van der Waals surface area contributed by atoms with Crippen molar-refractivity contribution in [1.82, 2.24) is 15.5 Å². The second-order valence-electron chi connectivity index (χ2n) is 6.70. The molecule has 1 aromatic carbocycles. The molecule has 0 saturated carbocycles. The summed E-state index contributed by atoms with van der Waals surface area (Å²) >= 11 is 5.28. The Morgan fingerprint density at radius 1 is 1.33 bits per heavy atom. The van der Waals surface area contributed by atoms with Crippen molar-refractivity contribution >= 4 is 40.8 Å². The zero-order valence-corrected chi connectivity index (χ0v) is 17.4. The number of unbranched alkanes of at least 4 members (excludes halogenated alkanes) is 2. The van der Waals surface area contributed by atoms with Crippen molar-refractivity contribution in [1.29, 1.82) is 0 Å². The predicted molar refractivity (Wildman–Crippen MR) is 112 cm³/mol. The number of carbonyl (C=O) groups excluding carboxylic acids is 3. The fraction of sp³-hybridized carbons (Fsp3) is 0.474. The average molecular weight is 436 g/mol. The fourth-order valence-corrected chi connectivity index (χ4v) is 3.20. The van der Waals surface area contributed by atoms with Crippen LogP contribution < -0.4 is 10.6 Å². The van der Waals surface area contributed by atoms with Crippen molar-refractivity contribution in [3.63, 3.8) is 0 Å². The lowest BCUT2D eigenvalue weighted by Crippen LogP contribution is -2.60. The highest BCUT2D eigenvalue weighted by atomic mass is 32.1. The van der Waals surface area contributed by atoms with Gasteiger partial charge < -0.3 is 15.0 Å². The highest BCUT2D eigenvalue weighted by Gasteiger charge is 2.34. The standard InChI is InChI=1S/C19H24N4O6S/c1-2-3-4-11-29-16(24)12-15-18(26)20-9-10-22(15)19(30)21-17(25)13-5-7-14(8-6-13)23(27)28/h5-8,15H,2-4,9-12H2,1H3,(H,20,26)(H,21,25,30). The molecule has 0 spiro atoms. The van der Waals surface area contributed by atoms with Gasteiger partial charge in [-0.15, -0.1) is 0 Å². The van der Waals surface area contributed by atoms with E-state index in [9.17, 15) is 24.5 Å². The largest absolute Gasteiger partial charge is 0.466 e. The molecule has 2 rings (SSSR count). The maximum atomic E-state index is 12.4. The van der Waals surface area contributed by atoms with E-state index in [4.69, 9.17) is 17.0 Å². The minimum Gasteiger partial charge on any atom is -0.466 e. The lowest BCUT2D eigenvalue weighted by atomic mass is 10.1. The number of hydrogen-bond donors (Lipinski definition) is 2. The van der Waals surface area contributed by atoms with E-state index in [1.54, 1.807) is 0 Å². The number of benzene rings is 1. The van der Waals surface area contributed by atoms with Gasteiger partial charge in [-0.3, -0.25) is 29.8 Å². The van der Waals surface area contributed by atoms with Crippen LogP contribution in [0.4, 0.5) is 5.69 Å². The Hall–Kier alpha value is -3.08. The molecule has 0 radical (unpaired) electrons. The third-order valence-electron chi connectivity index (χ3n) is 4.52. The van der Waals surface area contributed by atoms with Crippen molar-refractivity contribution < 1.29 is 24.0 Å². The van der Waals surface area contributed by atoms with Crippen LogP contribution in [0.3, 0.4) is 0 Å². The van der Waals surface area contributed by atoms with Crippen LogP contribution in [0.15, 0.2) is 24.3 Å². The van der Waals surface area contributed by atoms with Gasteiger partial charge in [0.05, 0.1) is 18.0 Å². The zero-order chi connectivity index (χ0) is 22.1. The van der Waals surface area contributed by atoms with E-state index in [0.29, 0.717) is 19.7 Å². The van der Waals surface area contributed by atoms with Gasteiger partial charge in [-0.1, -0.05) is 19.8 Å². The quantitative estimate of drug-likeness (QED) is 0.206. The zero-order valence-electron chi connectivity index (χ0n) is 16.6. The second-order valence-corrected chi connectivity index (χ2v) is 7.08. The van der Waals surface area contributed by atoms with Crippen LogP contribution in [0.2, 0.25) is 0 Å². The van der Waals surface area contributed by atoms with Gasteiger partial charge in [0.15, 0.2) is 5.11 Å². The Morgan fingerprint density at radius 2 is 2.03 bits per heavy atom. The van der Waals surface area contributed by atoms with Gasteiger partial charge in [0.2, 0.25) is 5.91 Å². The summed E-state index contributed by atoms with van der Waals surface area (Å²) in [5.41, 5.74) is 0.0376. The van der Waals surface area contributed by atoms with E-state index in [1.165, 1.54) is 29.2 Å². The van der Waals surface area contributed by atoms with Gasteiger partial charge in [-0.25, -0.2) is 0 Å². The molecule has 11 heteroatoms. The van der Waals surface area contributed by atoms with Crippen molar-refractivity contribution in [2.75, 3.05) is 19.7 Å². The molecular weight excluding hydrogens is 412 g/mol. The number of esters is 1. The van der Waals surface area contributed by atoms with Gasteiger partial charge in [-0.05, 0) is 30.8 Å². The highest BCUT2D eigenvalue weighted by molar-refractivity contribution is 7.80. The molecule has 162 valence electrons. The first kappa shape index (κ1) is 23.2. The third-order valence-corrected chi connectivity index (χ3v) is 4.86. The van der Waals surface area contributed by atoms with Crippen molar-refractivity contribution in [2.24, 2.45) is 0 Å². The van der Waals surface area contributed by atoms with Crippen LogP contribution in [-0.4, -0.2) is 58.5 Å². The van der Waals surface area contributed by atoms with Crippen LogP contribution in [0, 0.1) is 10.1 Å². The molecule has 0 bridgehead atoms. The number of nitrogens with one attached hydrogen (secondary N) is 2. The Labute approximate surface area is 179 Å². The lowest BCUT2D eigenvalue weighted by molar-refractivity contribution is -0.384. The maximum Gasteiger partial charge on any atom is 0.308 e. The number of thiocarbonyl (C=S) groups is 1. The van der Waals surface area contributed by atoms with Crippen LogP contribution in [0.5, 0.6) is 0 Å². The van der Waals surface area contributed by atoms with Crippen molar-refractivity contribution in [3.8, 4) is 0 Å². The monoisotopic (exact) mass is 436 g/mol. The first-order valence-corrected chi connectivity index (χ1v) is 10.0. The summed E-state index contributed by atoms with van der Waals surface area (Å²) in [6.07, 6.45) is 2.51. The number of ether oxygens (including phenoxy) is 1. The number of nitro benzene ring substituents is 1. The molecule has 0 aliphatic carbocycles. The average Bonchev–Trinajstić information content (AvgIpc) is 2.72. The molecule has 2 amide bonds. The molecule has 1 saturated heterocycles. The Kier molecular flexibility index (Phi) is 8.66. The third kappa shape index (κ3) is 6.48. The molecule has 1 atom stereocenters. The Balaban J connectivity index is 1.98. The lowest BCUT2D eigenvalue weighted by Gasteiger charge is -2.36. The minimum atomic E-state index is -0.887. The SMILES string of the molecule is CCCCCOC(=O)CC1C(=O)NCCN1C(=S)NC(=O)c1ccc([N+](=O)[O-])cc1. The van der Waals surface area contributed by atoms with Crippen molar-refractivity contribution in [3.05, 3.63) is 39.9 Å². The number of carbonyl (C=O) groups is 3. The van der Waals surface area contributed by atoms with E-state index in [-0.39, 0.29) is 28.7 Å². The predicted octanol–water partition coefficient (Wildman–Crippen LogP) is 1.53. The minimum absolute atomic E-state index is 0.00279. The Morgan fingerprint density at radius 3 is 2.67 bits per heavy atom. The molecule has 1 heterocycles. The summed E-state index contributed by atoms with van der Waals surface area (Å²) in [4.78, 5) is 48.4. The maximum absolute atomic E-state index is 12.4. The van der Waals surface area contributed by atoms with Crippen LogP contribution >= 0.6 is 12.2 Å². The summed E-state index contributed by atoms with van der Waals surface area (Å²) in [6, 6.07) is 4.16. The van der Waals surface area contributed by atoms with E-state index in [2.05, 4.69) is 10.6 Å². The first-order chi connectivity index (χ1) is 14.3. The summed E-state index contributed by atoms with van der Waals surface area (Å²) in [5, 5.41) is 15.9. The molecule has 1 fully saturated rings. The highest BCUT2D eigenvalue weighted by Crippen LogP contribution is 2.14. The summed E-state index contributed by atoms with van der Waals surface area (Å²) in [6.45, 7) is 2.97. The van der Waals surface area contributed by atoms with Crippen LogP contribution in [0.1, 0.15) is 43.0 Å². The Bertz CT molecular complexity index is 814. The second kappa shape index (κ2) is 11.2. The number of non-ortho nitro benzene ring substituents is 1. The number of piperazine rings is 1. The number of hydrogen-bond acceptors (Lipinski definition) is 7. The molecular formula is C19H24N4O6S. The summed E-state index contributed by atoms with van der Waals surface area (Å²) < 4.78 is 5.17. The van der Waals surface area contributed by atoms with Crippen LogP contribution in [-0.2, 0) is 14.3 Å². The van der Waals surface area contributed by atoms with Gasteiger partial charge >= 0.3 is 5.97 Å². The van der Waals surface area contributed by atoms with E-state index < -0.39 is 22.8 Å². The van der Waals surface area contributed by atoms with Gasteiger partial charge in [0.1, 0.15) is 6.04 Å². The van der Waals surface area contributed by atoms with Gasteiger partial charge in [0.25, 0.3) is 11.6 Å². The normalized spacial score (nSPS) is 15.8. The molecule has 1 unspecified atom stereocenters. The molecule has 1 aromatic rings. The number of amides is 2. The molecule has 30 heavy (non-hydrogen) atoms. The summed E-state index contributed by atoms with van der Waals surface area (Å²) in [7, 11) is 0. The number of rotatable bonds is 8. The van der Waals surface area contributed by atoms with E-state index in [0.717, 1.165) is 19.3 Å². The van der Waals surface area contributed by atoms with Gasteiger partial charge in [-0.2, -0.15) is 0 Å². The van der Waals surface area contributed by atoms with Gasteiger partial charge in [0, 0.05) is 30.8 Å². The topological polar surface area (TPSA) is 131 Å². The first-order valence-electron chi connectivity index (χ1n) is 9.63. The molecule has 1 aliphatic heterocycles. The number of nitrogens with zero attached hydrogens (tertiary/aromatic N) is 2. The van der Waals surface area contributed by atoms with Crippen molar-refractivity contribution in [2.45, 2.75) is 38.6 Å². The molecule has 2 N–H and O–H groups in total. The molecule has 1 aliphatic rings. The fourth-order valence-electron chi connectivity index (χ4n) is 2.89. The van der Waals surface area contributed by atoms with E-state index in [1.807, 2.05) is 6.92 Å². The molecule has 0 aromatic heterocycles. The smallest absolute Gasteiger partial charge is 0.308 e. The number of nitro groups is 1. The summed E-state index contributed by atoms with van der Waals surface area (Å²) in [5.74, 6) is -1.46. The van der Waals surface area contributed by atoms with Crippen LogP contribution in [0.25, 0.3) is 0 Å². The molecule has 10 nitrogen and oxygen atoms in total. The van der Waals surface area contributed by atoms with E-state index >= 15 is 0 Å².